The van der Waals surface area contributed by atoms with Crippen molar-refractivity contribution in [3.05, 3.63) is 64.1 Å². The number of hydrogen-bond acceptors (Lipinski definition) is 3. The molecular weight excluding hydrogens is 356 g/mol. The van der Waals surface area contributed by atoms with Gasteiger partial charge in [0.15, 0.2) is 0 Å². The third-order valence-corrected chi connectivity index (χ3v) is 3.51. The van der Waals surface area contributed by atoms with Crippen LogP contribution in [-0.2, 0) is 4.79 Å². The Bertz CT molecular complexity index is 761. The van der Waals surface area contributed by atoms with Crippen LogP contribution in [0.3, 0.4) is 0 Å². The number of para-hydroxylation sites is 2. The highest BCUT2D eigenvalue weighted by atomic mass is 79.9. The van der Waals surface area contributed by atoms with Gasteiger partial charge in [-0.15, -0.1) is 0 Å². The van der Waals surface area contributed by atoms with Crippen molar-refractivity contribution in [3.8, 4) is 11.8 Å². The highest BCUT2D eigenvalue weighted by molar-refractivity contribution is 9.10. The summed E-state index contributed by atoms with van der Waals surface area (Å²) in [4.78, 5) is 12.3. The molecule has 0 heterocycles. The second kappa shape index (κ2) is 8.16. The second-order valence-electron chi connectivity index (χ2n) is 4.60. The molecule has 5 heteroatoms. The average Bonchev–Trinajstić information content (AvgIpc) is 2.56. The maximum absolute atomic E-state index is 12.3. The Morgan fingerprint density at radius 3 is 2.61 bits per heavy atom. The Kier molecular flexibility index (Phi) is 5.95. The number of nitrogens with one attached hydrogen (secondary N) is 1. The number of nitrogens with zero attached hydrogens (tertiary/aromatic N) is 1. The van der Waals surface area contributed by atoms with E-state index in [0.29, 0.717) is 18.0 Å². The minimum Gasteiger partial charge on any atom is -0.492 e. The molecule has 2 aromatic rings. The predicted octanol–water partition coefficient (Wildman–Crippen LogP) is 4.39. The molecule has 2 aromatic carbocycles. The lowest BCUT2D eigenvalue weighted by Crippen LogP contribution is -2.14. The van der Waals surface area contributed by atoms with E-state index in [1.54, 1.807) is 24.3 Å². The summed E-state index contributed by atoms with van der Waals surface area (Å²) in [5, 5.41) is 12.0. The van der Waals surface area contributed by atoms with Crippen molar-refractivity contribution in [1.29, 1.82) is 5.26 Å². The van der Waals surface area contributed by atoms with Crippen molar-refractivity contribution in [2.45, 2.75) is 6.92 Å². The predicted molar refractivity (Wildman–Crippen MR) is 94.0 cm³/mol. The highest BCUT2D eigenvalue weighted by Crippen LogP contribution is 2.24. The number of nitriles is 1. The van der Waals surface area contributed by atoms with Crippen LogP contribution in [0.25, 0.3) is 6.08 Å². The van der Waals surface area contributed by atoms with Crippen molar-refractivity contribution in [1.82, 2.24) is 0 Å². The number of halogens is 1. The summed E-state index contributed by atoms with van der Waals surface area (Å²) in [6, 6.07) is 16.4. The van der Waals surface area contributed by atoms with E-state index < -0.39 is 5.91 Å². The Balaban J connectivity index is 2.21. The van der Waals surface area contributed by atoms with Gasteiger partial charge in [0.05, 0.1) is 12.3 Å². The van der Waals surface area contributed by atoms with E-state index in [4.69, 9.17) is 4.74 Å². The molecule has 0 radical (unpaired) electrons. The zero-order chi connectivity index (χ0) is 16.7. The molecule has 116 valence electrons. The number of anilines is 1. The smallest absolute Gasteiger partial charge is 0.266 e. The lowest BCUT2D eigenvalue weighted by atomic mass is 10.1. The van der Waals surface area contributed by atoms with Crippen molar-refractivity contribution < 1.29 is 9.53 Å². The SMILES string of the molecule is CCOc1ccccc1NC(=O)/C(C#N)=C/c1ccc(Br)cc1. The third kappa shape index (κ3) is 4.70. The summed E-state index contributed by atoms with van der Waals surface area (Å²) in [6.07, 6.45) is 1.55. The minimum atomic E-state index is -0.470. The van der Waals surface area contributed by atoms with Crippen LogP contribution in [0.15, 0.2) is 58.6 Å². The van der Waals surface area contributed by atoms with Gasteiger partial charge in [-0.25, -0.2) is 0 Å². The summed E-state index contributed by atoms with van der Waals surface area (Å²) < 4.78 is 6.39. The first-order valence-electron chi connectivity index (χ1n) is 7.04. The van der Waals surface area contributed by atoms with Crippen LogP contribution in [0.4, 0.5) is 5.69 Å². The molecule has 0 atom stereocenters. The molecule has 0 bridgehead atoms. The van der Waals surface area contributed by atoms with Crippen LogP contribution in [0.5, 0.6) is 5.75 Å². The van der Waals surface area contributed by atoms with Gasteiger partial charge in [-0.1, -0.05) is 40.2 Å². The Morgan fingerprint density at radius 1 is 1.26 bits per heavy atom. The zero-order valence-electron chi connectivity index (χ0n) is 12.5. The average molecular weight is 371 g/mol. The first-order chi connectivity index (χ1) is 11.1. The van der Waals surface area contributed by atoms with E-state index in [9.17, 15) is 10.1 Å². The summed E-state index contributed by atoms with van der Waals surface area (Å²) in [7, 11) is 0. The zero-order valence-corrected chi connectivity index (χ0v) is 14.1. The summed E-state index contributed by atoms with van der Waals surface area (Å²) >= 11 is 3.35. The van der Waals surface area contributed by atoms with Gasteiger partial charge in [0.25, 0.3) is 5.91 Å². The van der Waals surface area contributed by atoms with Crippen LogP contribution in [-0.4, -0.2) is 12.5 Å². The van der Waals surface area contributed by atoms with Gasteiger partial charge in [0.1, 0.15) is 17.4 Å². The highest BCUT2D eigenvalue weighted by Gasteiger charge is 2.12. The molecule has 0 fully saturated rings. The van der Waals surface area contributed by atoms with Crippen LogP contribution in [0.2, 0.25) is 0 Å². The van der Waals surface area contributed by atoms with Gasteiger partial charge in [-0.05, 0) is 42.8 Å². The second-order valence-corrected chi connectivity index (χ2v) is 5.52. The van der Waals surface area contributed by atoms with Gasteiger partial charge in [0, 0.05) is 4.47 Å². The van der Waals surface area contributed by atoms with E-state index in [2.05, 4.69) is 21.2 Å². The molecule has 4 nitrogen and oxygen atoms in total. The molecule has 0 saturated heterocycles. The molecule has 23 heavy (non-hydrogen) atoms. The van der Waals surface area contributed by atoms with E-state index in [0.717, 1.165) is 10.0 Å². The quantitative estimate of drug-likeness (QED) is 0.626. The summed E-state index contributed by atoms with van der Waals surface area (Å²) in [5.74, 6) is 0.104. The third-order valence-electron chi connectivity index (χ3n) is 2.98. The van der Waals surface area contributed by atoms with Crippen LogP contribution in [0, 0.1) is 11.3 Å². The molecular formula is C18H15BrN2O2. The maximum atomic E-state index is 12.3. The number of carbonyl (C=O) groups excluding carboxylic acids is 1. The fourth-order valence-corrected chi connectivity index (χ4v) is 2.18. The van der Waals surface area contributed by atoms with Crippen molar-refractivity contribution in [2.75, 3.05) is 11.9 Å². The number of rotatable bonds is 5. The number of carbonyl (C=O) groups is 1. The van der Waals surface area contributed by atoms with Crippen molar-refractivity contribution >= 4 is 33.6 Å². The molecule has 2 rings (SSSR count). The molecule has 0 aliphatic rings. The topological polar surface area (TPSA) is 62.1 Å². The lowest BCUT2D eigenvalue weighted by molar-refractivity contribution is -0.112. The monoisotopic (exact) mass is 370 g/mol. The van der Waals surface area contributed by atoms with E-state index in [1.165, 1.54) is 0 Å². The Hall–Kier alpha value is -2.58. The number of ether oxygens (including phenoxy) is 1. The molecule has 0 unspecified atom stereocenters. The number of amides is 1. The van der Waals surface area contributed by atoms with Gasteiger partial charge in [0.2, 0.25) is 0 Å². The minimum absolute atomic E-state index is 0.0265. The molecule has 0 aliphatic heterocycles. The molecule has 0 saturated carbocycles. The van der Waals surface area contributed by atoms with E-state index in [1.807, 2.05) is 43.3 Å². The van der Waals surface area contributed by atoms with Crippen molar-refractivity contribution in [3.63, 3.8) is 0 Å². The lowest BCUT2D eigenvalue weighted by Gasteiger charge is -2.10. The summed E-state index contributed by atoms with van der Waals surface area (Å²) in [6.45, 7) is 2.36. The standard InChI is InChI=1S/C18H15BrN2O2/c1-2-23-17-6-4-3-5-16(17)21-18(22)14(12-20)11-13-7-9-15(19)10-8-13/h3-11H,2H2,1H3,(H,21,22)/b14-11+. The number of hydrogen-bond donors (Lipinski definition) is 1. The van der Waals surface area contributed by atoms with Crippen LogP contribution < -0.4 is 10.1 Å². The van der Waals surface area contributed by atoms with Gasteiger partial charge in [-0.2, -0.15) is 5.26 Å². The number of benzene rings is 2. The first-order valence-corrected chi connectivity index (χ1v) is 7.84. The van der Waals surface area contributed by atoms with Gasteiger partial charge < -0.3 is 10.1 Å². The van der Waals surface area contributed by atoms with Crippen LogP contribution >= 0.6 is 15.9 Å². The molecule has 0 aliphatic carbocycles. The Labute approximate surface area is 143 Å². The largest absolute Gasteiger partial charge is 0.492 e. The molecule has 1 N–H and O–H groups in total. The van der Waals surface area contributed by atoms with E-state index in [-0.39, 0.29) is 5.57 Å². The van der Waals surface area contributed by atoms with E-state index >= 15 is 0 Å². The molecule has 1 amide bonds. The fraction of sp³-hybridized carbons (Fsp3) is 0.111. The Morgan fingerprint density at radius 2 is 1.96 bits per heavy atom. The fourth-order valence-electron chi connectivity index (χ4n) is 1.92. The molecule has 0 aromatic heterocycles. The maximum Gasteiger partial charge on any atom is 0.266 e. The normalized spacial score (nSPS) is 10.7. The van der Waals surface area contributed by atoms with Crippen LogP contribution in [0.1, 0.15) is 12.5 Å². The molecule has 0 spiro atoms. The van der Waals surface area contributed by atoms with Gasteiger partial charge >= 0.3 is 0 Å². The van der Waals surface area contributed by atoms with Gasteiger partial charge in [-0.3, -0.25) is 4.79 Å². The summed E-state index contributed by atoms with van der Waals surface area (Å²) in [5.41, 5.74) is 1.34. The first kappa shape index (κ1) is 16.8. The van der Waals surface area contributed by atoms with Crippen molar-refractivity contribution in [2.24, 2.45) is 0 Å².